The second-order valence-electron chi connectivity index (χ2n) is 2.43. The van der Waals surface area contributed by atoms with Crippen LogP contribution in [0.1, 0.15) is 0 Å². The van der Waals surface area contributed by atoms with Gasteiger partial charge in [-0.15, -0.1) is 11.8 Å². The van der Waals surface area contributed by atoms with E-state index < -0.39 is 9.05 Å². The zero-order valence-electron chi connectivity index (χ0n) is 7.40. The molecule has 0 atom stereocenters. The highest BCUT2D eigenvalue weighted by Crippen LogP contribution is 2.30. The van der Waals surface area contributed by atoms with E-state index in [1.54, 1.807) is 6.07 Å². The number of thioether (sulfide) groups is 1. The number of nitrogens with zero attached hydrogens (tertiary/aromatic N) is 1. The van der Waals surface area contributed by atoms with E-state index in [9.17, 15) is 8.42 Å². The van der Waals surface area contributed by atoms with Crippen molar-refractivity contribution in [2.24, 2.45) is 4.99 Å². The average Bonchev–Trinajstić information content (AvgIpc) is 2.15. The fraction of sp³-hybridized carbons (Fsp3) is 0.125. The van der Waals surface area contributed by atoms with Crippen molar-refractivity contribution >= 4 is 43.9 Å². The molecule has 0 N–H and O–H groups in total. The molecule has 76 valence electrons. The number of rotatable bonds is 3. The summed E-state index contributed by atoms with van der Waals surface area (Å²) < 4.78 is 22.0. The number of benzene rings is 1. The highest BCUT2D eigenvalue weighted by atomic mass is 35.7. The second kappa shape index (κ2) is 4.33. The van der Waals surface area contributed by atoms with Crippen LogP contribution in [0.2, 0.25) is 0 Å². The predicted octanol–water partition coefficient (Wildman–Crippen LogP) is 2.67. The van der Waals surface area contributed by atoms with Crippen LogP contribution in [-0.4, -0.2) is 21.4 Å². The summed E-state index contributed by atoms with van der Waals surface area (Å²) in [4.78, 5) is 4.57. The van der Waals surface area contributed by atoms with Crippen LogP contribution >= 0.6 is 22.4 Å². The van der Waals surface area contributed by atoms with E-state index in [-0.39, 0.29) is 4.90 Å². The third-order valence-electron chi connectivity index (χ3n) is 1.60. The van der Waals surface area contributed by atoms with Crippen LogP contribution in [0.5, 0.6) is 0 Å². The van der Waals surface area contributed by atoms with Crippen LogP contribution in [0.3, 0.4) is 0 Å². The van der Waals surface area contributed by atoms with Crippen LogP contribution in [0.25, 0.3) is 0 Å². The molecule has 1 rings (SSSR count). The monoisotopic (exact) mass is 249 g/mol. The Kier molecular flexibility index (Phi) is 3.58. The Bertz CT molecular complexity index is 456. The van der Waals surface area contributed by atoms with Gasteiger partial charge in [0.15, 0.2) is 0 Å². The average molecular weight is 250 g/mol. The Hall–Kier alpha value is -0.520. The predicted molar refractivity (Wildman–Crippen MR) is 60.5 cm³/mol. The molecule has 0 unspecified atom stereocenters. The summed E-state index contributed by atoms with van der Waals surface area (Å²) in [6, 6.07) is 4.47. The number of aliphatic imine (C=N–C) groups is 1. The third kappa shape index (κ3) is 2.50. The van der Waals surface area contributed by atoms with Crippen molar-refractivity contribution in [3.63, 3.8) is 0 Å². The van der Waals surface area contributed by atoms with E-state index in [0.717, 1.165) is 4.90 Å². The normalized spacial score (nSPS) is 11.3. The summed E-state index contributed by atoms with van der Waals surface area (Å²) >= 11 is 1.39. The first kappa shape index (κ1) is 11.6. The Morgan fingerprint density at radius 2 is 2.14 bits per heavy atom. The first-order valence-electron chi connectivity index (χ1n) is 3.58. The van der Waals surface area contributed by atoms with Gasteiger partial charge in [0.25, 0.3) is 9.05 Å². The van der Waals surface area contributed by atoms with Crippen molar-refractivity contribution in [2.75, 3.05) is 6.26 Å². The molecular formula is C8H8ClNO2S2. The zero-order valence-corrected chi connectivity index (χ0v) is 9.79. The first-order chi connectivity index (χ1) is 6.49. The van der Waals surface area contributed by atoms with Gasteiger partial charge in [-0.05, 0) is 31.2 Å². The fourth-order valence-corrected chi connectivity index (χ4v) is 2.38. The minimum atomic E-state index is -3.66. The molecule has 0 heterocycles. The molecule has 0 fully saturated rings. The van der Waals surface area contributed by atoms with Gasteiger partial charge in [0.1, 0.15) is 0 Å². The Balaban J connectivity index is 3.35. The summed E-state index contributed by atoms with van der Waals surface area (Å²) in [5, 5.41) is 0. The molecule has 0 amide bonds. The van der Waals surface area contributed by atoms with Crippen LogP contribution in [0.15, 0.2) is 33.0 Å². The Morgan fingerprint density at radius 1 is 1.50 bits per heavy atom. The fourth-order valence-electron chi connectivity index (χ4n) is 0.940. The van der Waals surface area contributed by atoms with E-state index in [2.05, 4.69) is 11.7 Å². The quantitative estimate of drug-likeness (QED) is 0.470. The van der Waals surface area contributed by atoms with E-state index in [0.29, 0.717) is 5.69 Å². The molecule has 0 bridgehead atoms. The molecular weight excluding hydrogens is 242 g/mol. The van der Waals surface area contributed by atoms with Gasteiger partial charge < -0.3 is 0 Å². The van der Waals surface area contributed by atoms with Gasteiger partial charge in [0, 0.05) is 15.6 Å². The van der Waals surface area contributed by atoms with Crippen molar-refractivity contribution in [1.82, 2.24) is 0 Å². The highest BCUT2D eigenvalue weighted by Gasteiger charge is 2.11. The van der Waals surface area contributed by atoms with Crippen molar-refractivity contribution in [3.8, 4) is 0 Å². The summed E-state index contributed by atoms with van der Waals surface area (Å²) in [7, 11) is 1.54. The zero-order chi connectivity index (χ0) is 10.8. The van der Waals surface area contributed by atoms with Gasteiger partial charge in [-0.3, -0.25) is 4.99 Å². The molecule has 0 aromatic heterocycles. The molecule has 3 nitrogen and oxygen atoms in total. The summed E-state index contributed by atoms with van der Waals surface area (Å²) in [6.45, 7) is 3.39. The molecule has 0 saturated carbocycles. The molecule has 0 radical (unpaired) electrons. The van der Waals surface area contributed by atoms with Crippen molar-refractivity contribution in [3.05, 3.63) is 18.2 Å². The molecule has 6 heteroatoms. The van der Waals surface area contributed by atoms with Gasteiger partial charge in [-0.25, -0.2) is 8.42 Å². The van der Waals surface area contributed by atoms with Gasteiger partial charge in [-0.2, -0.15) is 0 Å². The molecule has 0 aliphatic rings. The van der Waals surface area contributed by atoms with Gasteiger partial charge >= 0.3 is 0 Å². The topological polar surface area (TPSA) is 46.5 Å². The Labute approximate surface area is 91.6 Å². The van der Waals surface area contributed by atoms with Crippen molar-refractivity contribution in [1.29, 1.82) is 0 Å². The van der Waals surface area contributed by atoms with Crippen LogP contribution in [0.4, 0.5) is 5.69 Å². The number of halogens is 1. The van der Waals surface area contributed by atoms with Gasteiger partial charge in [-0.1, -0.05) is 0 Å². The second-order valence-corrected chi connectivity index (χ2v) is 5.84. The van der Waals surface area contributed by atoms with Crippen molar-refractivity contribution < 1.29 is 8.42 Å². The van der Waals surface area contributed by atoms with Gasteiger partial charge in [0.2, 0.25) is 0 Å². The van der Waals surface area contributed by atoms with E-state index in [1.165, 1.54) is 23.9 Å². The SMILES string of the molecule is C=Nc1ccc(S(=O)(=O)Cl)cc1SC. The molecule has 0 aliphatic carbocycles. The largest absolute Gasteiger partial charge is 0.263 e. The number of hydrogen-bond acceptors (Lipinski definition) is 4. The van der Waals surface area contributed by atoms with Crippen LogP contribution in [0, 0.1) is 0 Å². The first-order valence-corrected chi connectivity index (χ1v) is 7.12. The maximum atomic E-state index is 11.0. The minimum Gasteiger partial charge on any atom is -0.263 e. The summed E-state index contributed by atoms with van der Waals surface area (Å²) in [5.74, 6) is 0. The third-order valence-corrected chi connectivity index (χ3v) is 3.72. The van der Waals surface area contributed by atoms with Crippen LogP contribution in [-0.2, 0) is 9.05 Å². The standard InChI is InChI=1S/C8H8ClNO2S2/c1-10-7-4-3-6(14(9,11)12)5-8(7)13-2/h3-5H,1H2,2H3. The van der Waals surface area contributed by atoms with E-state index >= 15 is 0 Å². The van der Waals surface area contributed by atoms with Crippen molar-refractivity contribution in [2.45, 2.75) is 9.79 Å². The molecule has 14 heavy (non-hydrogen) atoms. The molecule has 0 aliphatic heterocycles. The highest BCUT2D eigenvalue weighted by molar-refractivity contribution is 8.13. The summed E-state index contributed by atoms with van der Waals surface area (Å²) in [5.41, 5.74) is 0.654. The molecule has 1 aromatic carbocycles. The maximum absolute atomic E-state index is 11.0. The lowest BCUT2D eigenvalue weighted by atomic mass is 10.3. The minimum absolute atomic E-state index is 0.0796. The summed E-state index contributed by atoms with van der Waals surface area (Å²) in [6.07, 6.45) is 1.83. The lowest BCUT2D eigenvalue weighted by Crippen LogP contribution is -1.90. The van der Waals surface area contributed by atoms with E-state index in [1.807, 2.05) is 6.26 Å². The molecule has 0 saturated heterocycles. The lowest BCUT2D eigenvalue weighted by Gasteiger charge is -2.03. The lowest BCUT2D eigenvalue weighted by molar-refractivity contribution is 0.609. The maximum Gasteiger partial charge on any atom is 0.261 e. The molecule has 0 spiro atoms. The Morgan fingerprint density at radius 3 is 2.57 bits per heavy atom. The smallest absolute Gasteiger partial charge is 0.261 e. The molecule has 1 aromatic rings. The van der Waals surface area contributed by atoms with Gasteiger partial charge in [0.05, 0.1) is 10.6 Å². The number of hydrogen-bond donors (Lipinski definition) is 0. The van der Waals surface area contributed by atoms with Crippen LogP contribution < -0.4 is 0 Å². The van der Waals surface area contributed by atoms with E-state index in [4.69, 9.17) is 10.7 Å².